The van der Waals surface area contributed by atoms with Crippen LogP contribution in [0.1, 0.15) is 19.3 Å². The van der Waals surface area contributed by atoms with E-state index in [0.717, 1.165) is 48.2 Å². The summed E-state index contributed by atoms with van der Waals surface area (Å²) in [5.74, 6) is 1.21. The van der Waals surface area contributed by atoms with Crippen molar-refractivity contribution in [3.63, 3.8) is 0 Å². The molecule has 1 saturated carbocycles. The molecule has 1 aromatic heterocycles. The van der Waals surface area contributed by atoms with Crippen molar-refractivity contribution in [1.29, 1.82) is 0 Å². The summed E-state index contributed by atoms with van der Waals surface area (Å²) >= 11 is 0. The fourth-order valence-corrected chi connectivity index (χ4v) is 2.73. The maximum atomic E-state index is 9.79. The van der Waals surface area contributed by atoms with Crippen molar-refractivity contribution in [2.45, 2.75) is 25.4 Å². The number of nitrogens with one attached hydrogen (secondary N) is 1. The Kier molecular flexibility index (Phi) is 3.25. The Morgan fingerprint density at radius 1 is 1.26 bits per heavy atom. The highest BCUT2D eigenvalue weighted by molar-refractivity contribution is 5.83. The van der Waals surface area contributed by atoms with Crippen LogP contribution in [0.4, 0.5) is 11.5 Å². The van der Waals surface area contributed by atoms with Crippen LogP contribution in [0.15, 0.2) is 30.3 Å². The maximum absolute atomic E-state index is 9.79. The van der Waals surface area contributed by atoms with E-state index in [1.54, 1.807) is 0 Å². The van der Waals surface area contributed by atoms with Gasteiger partial charge in [-0.15, -0.1) is 0 Å². The summed E-state index contributed by atoms with van der Waals surface area (Å²) in [6, 6.07) is 9.70. The van der Waals surface area contributed by atoms with E-state index < -0.39 is 0 Å². The number of nitrogens with zero attached hydrogens (tertiary/aromatic N) is 1. The van der Waals surface area contributed by atoms with E-state index in [9.17, 15) is 5.11 Å². The van der Waals surface area contributed by atoms with Gasteiger partial charge in [-0.2, -0.15) is 0 Å². The third kappa shape index (κ3) is 2.63. The fourth-order valence-electron chi connectivity index (χ4n) is 2.73. The summed E-state index contributed by atoms with van der Waals surface area (Å²) < 4.78 is 0. The second kappa shape index (κ2) is 5.05. The van der Waals surface area contributed by atoms with Gasteiger partial charge in [-0.25, -0.2) is 4.98 Å². The quantitative estimate of drug-likeness (QED) is 0.738. The summed E-state index contributed by atoms with van der Waals surface area (Å²) in [6.45, 7) is 0.786. The molecule has 0 radical (unpaired) electrons. The van der Waals surface area contributed by atoms with E-state index in [4.69, 9.17) is 5.73 Å². The van der Waals surface area contributed by atoms with Crippen molar-refractivity contribution >= 4 is 22.4 Å². The molecule has 2 aromatic rings. The number of rotatable bonds is 3. The first-order chi connectivity index (χ1) is 9.22. The van der Waals surface area contributed by atoms with Gasteiger partial charge in [0, 0.05) is 23.5 Å². The van der Waals surface area contributed by atoms with Crippen molar-refractivity contribution in [2.24, 2.45) is 5.92 Å². The van der Waals surface area contributed by atoms with Crippen LogP contribution in [0.2, 0.25) is 0 Å². The Morgan fingerprint density at radius 2 is 2.16 bits per heavy atom. The summed E-state index contributed by atoms with van der Waals surface area (Å²) in [4.78, 5) is 4.55. The molecule has 0 spiro atoms. The van der Waals surface area contributed by atoms with Gasteiger partial charge in [0.15, 0.2) is 0 Å². The Morgan fingerprint density at radius 3 is 2.95 bits per heavy atom. The molecular weight excluding hydrogens is 238 g/mol. The molecule has 2 unspecified atom stereocenters. The molecule has 1 aliphatic rings. The highest BCUT2D eigenvalue weighted by Crippen LogP contribution is 2.26. The van der Waals surface area contributed by atoms with Crippen molar-refractivity contribution in [1.82, 2.24) is 4.98 Å². The first-order valence-corrected chi connectivity index (χ1v) is 6.80. The van der Waals surface area contributed by atoms with E-state index in [1.807, 2.05) is 30.3 Å². The van der Waals surface area contributed by atoms with Gasteiger partial charge in [0.05, 0.1) is 11.6 Å². The molecule has 1 heterocycles. The Labute approximate surface area is 112 Å². The standard InChI is InChI=1S/C15H19N3O/c16-12-5-6-13-10(8-12)4-7-15(18-13)17-9-11-2-1-3-14(11)19/h4-8,11,14,19H,1-3,9,16H2,(H,17,18). The lowest BCUT2D eigenvalue weighted by molar-refractivity contribution is 0.138. The highest BCUT2D eigenvalue weighted by Gasteiger charge is 2.24. The molecule has 4 N–H and O–H groups in total. The molecule has 19 heavy (non-hydrogen) atoms. The van der Waals surface area contributed by atoms with Gasteiger partial charge in [0.2, 0.25) is 0 Å². The van der Waals surface area contributed by atoms with Crippen molar-refractivity contribution in [2.75, 3.05) is 17.6 Å². The third-order valence-corrected chi connectivity index (χ3v) is 3.88. The van der Waals surface area contributed by atoms with Gasteiger partial charge in [-0.3, -0.25) is 0 Å². The molecule has 1 aromatic carbocycles. The monoisotopic (exact) mass is 257 g/mol. The summed E-state index contributed by atoms with van der Waals surface area (Å²) in [6.07, 6.45) is 2.99. The maximum Gasteiger partial charge on any atom is 0.126 e. The average Bonchev–Trinajstić information content (AvgIpc) is 2.82. The minimum absolute atomic E-state index is 0.159. The smallest absolute Gasteiger partial charge is 0.126 e. The molecule has 0 saturated heterocycles. The zero-order chi connectivity index (χ0) is 13.2. The largest absolute Gasteiger partial charge is 0.399 e. The molecule has 0 aliphatic heterocycles. The number of hydrogen-bond acceptors (Lipinski definition) is 4. The molecular formula is C15H19N3O. The summed E-state index contributed by atoms with van der Waals surface area (Å²) in [7, 11) is 0. The fraction of sp³-hybridized carbons (Fsp3) is 0.400. The van der Waals surface area contributed by atoms with Gasteiger partial charge in [0.1, 0.15) is 5.82 Å². The topological polar surface area (TPSA) is 71.2 Å². The van der Waals surface area contributed by atoms with E-state index >= 15 is 0 Å². The minimum atomic E-state index is -0.159. The van der Waals surface area contributed by atoms with Gasteiger partial charge in [-0.05, 0) is 43.2 Å². The van der Waals surface area contributed by atoms with Crippen LogP contribution in [-0.2, 0) is 0 Å². The molecule has 0 bridgehead atoms. The zero-order valence-electron chi connectivity index (χ0n) is 10.8. The number of aliphatic hydroxyl groups is 1. The molecule has 4 heteroatoms. The van der Waals surface area contributed by atoms with Crippen LogP contribution < -0.4 is 11.1 Å². The van der Waals surface area contributed by atoms with Gasteiger partial charge >= 0.3 is 0 Å². The van der Waals surface area contributed by atoms with Gasteiger partial charge in [0.25, 0.3) is 0 Å². The van der Waals surface area contributed by atoms with E-state index in [2.05, 4.69) is 10.3 Å². The number of aromatic nitrogens is 1. The molecule has 100 valence electrons. The number of nitrogens with two attached hydrogens (primary N) is 1. The van der Waals surface area contributed by atoms with Crippen LogP contribution in [0.5, 0.6) is 0 Å². The predicted molar refractivity (Wildman–Crippen MR) is 78.0 cm³/mol. The number of fused-ring (bicyclic) bond motifs is 1. The first kappa shape index (κ1) is 12.2. The Balaban J connectivity index is 1.72. The van der Waals surface area contributed by atoms with Crippen molar-refractivity contribution in [3.8, 4) is 0 Å². The van der Waals surface area contributed by atoms with Crippen LogP contribution in [0.3, 0.4) is 0 Å². The third-order valence-electron chi connectivity index (χ3n) is 3.88. The first-order valence-electron chi connectivity index (χ1n) is 6.80. The number of hydrogen-bond donors (Lipinski definition) is 3. The normalized spacial score (nSPS) is 22.8. The lowest BCUT2D eigenvalue weighted by atomic mass is 10.1. The van der Waals surface area contributed by atoms with E-state index in [1.165, 1.54) is 0 Å². The number of benzene rings is 1. The predicted octanol–water partition coefficient (Wildman–Crippen LogP) is 2.39. The number of nitrogen functional groups attached to an aromatic ring is 1. The molecule has 2 atom stereocenters. The molecule has 3 rings (SSSR count). The second-order valence-electron chi connectivity index (χ2n) is 5.29. The lowest BCUT2D eigenvalue weighted by Crippen LogP contribution is -2.22. The average molecular weight is 257 g/mol. The summed E-state index contributed by atoms with van der Waals surface area (Å²) in [5, 5.41) is 14.2. The molecule has 4 nitrogen and oxygen atoms in total. The van der Waals surface area contributed by atoms with Gasteiger partial charge in [-0.1, -0.05) is 6.42 Å². The zero-order valence-corrected chi connectivity index (χ0v) is 10.8. The van der Waals surface area contributed by atoms with Crippen molar-refractivity contribution < 1.29 is 5.11 Å². The molecule has 1 aliphatic carbocycles. The van der Waals surface area contributed by atoms with E-state index in [-0.39, 0.29) is 6.10 Å². The number of aliphatic hydroxyl groups excluding tert-OH is 1. The number of pyridine rings is 1. The second-order valence-corrected chi connectivity index (χ2v) is 5.29. The SMILES string of the molecule is Nc1ccc2nc(NCC3CCCC3O)ccc2c1. The highest BCUT2D eigenvalue weighted by atomic mass is 16.3. The summed E-state index contributed by atoms with van der Waals surface area (Å²) in [5.41, 5.74) is 7.44. The van der Waals surface area contributed by atoms with Gasteiger partial charge < -0.3 is 16.2 Å². The molecule has 1 fully saturated rings. The van der Waals surface area contributed by atoms with E-state index in [0.29, 0.717) is 5.92 Å². The lowest BCUT2D eigenvalue weighted by Gasteiger charge is -2.15. The molecule has 0 amide bonds. The van der Waals surface area contributed by atoms with Crippen LogP contribution in [0, 0.1) is 5.92 Å². The van der Waals surface area contributed by atoms with Crippen LogP contribution >= 0.6 is 0 Å². The number of anilines is 2. The van der Waals surface area contributed by atoms with Crippen molar-refractivity contribution in [3.05, 3.63) is 30.3 Å². The van der Waals surface area contributed by atoms with Crippen LogP contribution in [0.25, 0.3) is 10.9 Å². The minimum Gasteiger partial charge on any atom is -0.399 e. The Bertz CT molecular complexity index is 585. The Hall–Kier alpha value is -1.81. The van der Waals surface area contributed by atoms with Crippen LogP contribution in [-0.4, -0.2) is 22.7 Å².